The van der Waals surface area contributed by atoms with E-state index in [0.717, 1.165) is 31.2 Å². The molecule has 0 spiro atoms. The molecule has 0 saturated carbocycles. The molecule has 7 nitrogen and oxygen atoms in total. The Balaban J connectivity index is 0.00000300. The van der Waals surface area contributed by atoms with Crippen molar-refractivity contribution in [3.05, 3.63) is 53.9 Å². The Labute approximate surface area is 190 Å². The van der Waals surface area contributed by atoms with Crippen LogP contribution in [0, 0.1) is 5.92 Å². The molecular formula is C21H32IN5O2. The number of nitrogens with one attached hydrogen (secondary N) is 1. The Morgan fingerprint density at radius 3 is 2.86 bits per heavy atom. The molecule has 1 aliphatic heterocycles. The summed E-state index contributed by atoms with van der Waals surface area (Å²) in [5.41, 5.74) is 2.30. The first-order valence-corrected chi connectivity index (χ1v) is 9.83. The average molecular weight is 513 g/mol. The number of guanidine groups is 1. The van der Waals surface area contributed by atoms with E-state index in [4.69, 9.17) is 9.47 Å². The van der Waals surface area contributed by atoms with E-state index in [9.17, 15) is 0 Å². The zero-order chi connectivity index (χ0) is 19.8. The standard InChI is InChI=1S/C21H31N5O2.HI/c1-17(15-27-16-18-7-5-4-6-8-18)11-23-21(22-2)26-9-10-28-20(14-26)19-12-24-25(3)13-19;/h4-8,12-13,17,20H,9-11,14-16H2,1-3H3,(H,22,23);1H. The van der Waals surface area contributed by atoms with Crippen molar-refractivity contribution in [1.29, 1.82) is 0 Å². The molecule has 3 rings (SSSR count). The molecular weight excluding hydrogens is 481 g/mol. The van der Waals surface area contributed by atoms with Crippen molar-refractivity contribution in [3.8, 4) is 0 Å². The number of halogens is 1. The van der Waals surface area contributed by atoms with Crippen LogP contribution in [0.4, 0.5) is 0 Å². The second-order valence-corrected chi connectivity index (χ2v) is 7.29. The summed E-state index contributed by atoms with van der Waals surface area (Å²) < 4.78 is 13.6. The highest BCUT2D eigenvalue weighted by atomic mass is 127. The summed E-state index contributed by atoms with van der Waals surface area (Å²) in [5.74, 6) is 1.29. The lowest BCUT2D eigenvalue weighted by Crippen LogP contribution is -2.49. The fourth-order valence-corrected chi connectivity index (χ4v) is 3.26. The number of aromatic nitrogens is 2. The van der Waals surface area contributed by atoms with Gasteiger partial charge in [0.2, 0.25) is 0 Å². The van der Waals surface area contributed by atoms with Gasteiger partial charge in [0, 0.05) is 38.9 Å². The van der Waals surface area contributed by atoms with Crippen molar-refractivity contribution in [3.63, 3.8) is 0 Å². The van der Waals surface area contributed by atoms with Crippen molar-refractivity contribution in [2.75, 3.05) is 39.9 Å². The molecule has 1 N–H and O–H groups in total. The van der Waals surface area contributed by atoms with E-state index in [2.05, 4.69) is 39.4 Å². The molecule has 0 aliphatic carbocycles. The third-order valence-electron chi connectivity index (χ3n) is 4.80. The largest absolute Gasteiger partial charge is 0.376 e. The van der Waals surface area contributed by atoms with Gasteiger partial charge in [-0.25, -0.2) is 0 Å². The first-order valence-electron chi connectivity index (χ1n) is 9.83. The molecule has 1 fully saturated rings. The van der Waals surface area contributed by atoms with Crippen LogP contribution in [0.25, 0.3) is 0 Å². The fraction of sp³-hybridized carbons (Fsp3) is 0.524. The molecule has 1 aliphatic rings. The topological polar surface area (TPSA) is 63.9 Å². The van der Waals surface area contributed by atoms with Gasteiger partial charge in [0.05, 0.1) is 32.6 Å². The van der Waals surface area contributed by atoms with Crippen LogP contribution in [0.2, 0.25) is 0 Å². The molecule has 1 aromatic heterocycles. The summed E-state index contributed by atoms with van der Waals surface area (Å²) in [6.45, 7) is 6.63. The van der Waals surface area contributed by atoms with Crippen molar-refractivity contribution >= 4 is 29.9 Å². The lowest BCUT2D eigenvalue weighted by Gasteiger charge is -2.35. The molecule has 1 aromatic carbocycles. The zero-order valence-corrected chi connectivity index (χ0v) is 19.8. The summed E-state index contributed by atoms with van der Waals surface area (Å²) in [5, 5.41) is 7.73. The van der Waals surface area contributed by atoms with E-state index in [0.29, 0.717) is 25.7 Å². The van der Waals surface area contributed by atoms with Crippen LogP contribution in [0.1, 0.15) is 24.2 Å². The Hall–Kier alpha value is -1.65. The van der Waals surface area contributed by atoms with E-state index in [1.54, 1.807) is 0 Å². The normalized spacial score (nSPS) is 18.2. The molecule has 2 atom stereocenters. The van der Waals surface area contributed by atoms with Gasteiger partial charge in [-0.1, -0.05) is 37.3 Å². The number of morpholine rings is 1. The second-order valence-electron chi connectivity index (χ2n) is 7.29. The van der Waals surface area contributed by atoms with Crippen LogP contribution < -0.4 is 5.32 Å². The highest BCUT2D eigenvalue weighted by Crippen LogP contribution is 2.21. The molecule has 0 bridgehead atoms. The van der Waals surface area contributed by atoms with Crippen molar-refractivity contribution in [2.45, 2.75) is 19.6 Å². The highest BCUT2D eigenvalue weighted by molar-refractivity contribution is 14.0. The van der Waals surface area contributed by atoms with E-state index < -0.39 is 0 Å². The van der Waals surface area contributed by atoms with Gasteiger partial charge in [0.1, 0.15) is 6.10 Å². The maximum atomic E-state index is 5.93. The molecule has 8 heteroatoms. The lowest BCUT2D eigenvalue weighted by molar-refractivity contribution is -0.00816. The number of benzene rings is 1. The van der Waals surface area contributed by atoms with Crippen LogP contribution in [0.3, 0.4) is 0 Å². The summed E-state index contributed by atoms with van der Waals surface area (Å²) in [7, 11) is 3.75. The van der Waals surface area contributed by atoms with Gasteiger partial charge in [-0.2, -0.15) is 5.10 Å². The number of hydrogen-bond donors (Lipinski definition) is 1. The first kappa shape index (κ1) is 23.6. The van der Waals surface area contributed by atoms with Gasteiger partial charge in [0.25, 0.3) is 0 Å². The average Bonchev–Trinajstić information content (AvgIpc) is 3.16. The fourth-order valence-electron chi connectivity index (χ4n) is 3.26. The quantitative estimate of drug-likeness (QED) is 0.351. The van der Waals surface area contributed by atoms with Crippen LogP contribution in [0.5, 0.6) is 0 Å². The summed E-state index contributed by atoms with van der Waals surface area (Å²) in [6, 6.07) is 10.3. The summed E-state index contributed by atoms with van der Waals surface area (Å²) in [4.78, 5) is 6.71. The molecule has 0 amide bonds. The summed E-state index contributed by atoms with van der Waals surface area (Å²) >= 11 is 0. The first-order chi connectivity index (χ1) is 13.7. The molecule has 2 unspecified atom stereocenters. The SMILES string of the molecule is CN=C(NCC(C)COCc1ccccc1)N1CCOC(c2cnn(C)c2)C1.I. The minimum absolute atomic E-state index is 0. The van der Waals surface area contributed by atoms with Gasteiger partial charge in [-0.3, -0.25) is 9.67 Å². The van der Waals surface area contributed by atoms with Gasteiger partial charge in [-0.15, -0.1) is 24.0 Å². The predicted molar refractivity (Wildman–Crippen MR) is 126 cm³/mol. The van der Waals surface area contributed by atoms with Gasteiger partial charge >= 0.3 is 0 Å². The Bertz CT molecular complexity index is 753. The number of aryl methyl sites for hydroxylation is 1. The number of nitrogens with zero attached hydrogens (tertiary/aromatic N) is 4. The van der Waals surface area contributed by atoms with E-state index in [-0.39, 0.29) is 30.1 Å². The number of hydrogen-bond acceptors (Lipinski definition) is 4. The molecule has 160 valence electrons. The van der Waals surface area contributed by atoms with Gasteiger partial charge < -0.3 is 19.7 Å². The van der Waals surface area contributed by atoms with Crippen molar-refractivity contribution in [1.82, 2.24) is 20.0 Å². The highest BCUT2D eigenvalue weighted by Gasteiger charge is 2.25. The third-order valence-corrected chi connectivity index (χ3v) is 4.80. The monoisotopic (exact) mass is 513 g/mol. The number of ether oxygens (including phenoxy) is 2. The predicted octanol–water partition coefficient (Wildman–Crippen LogP) is 2.84. The molecule has 2 heterocycles. The van der Waals surface area contributed by atoms with Crippen molar-refractivity contribution < 1.29 is 9.47 Å². The number of aliphatic imine (C=N–C) groups is 1. The molecule has 2 aromatic rings. The van der Waals surface area contributed by atoms with E-state index in [1.807, 2.05) is 49.4 Å². The minimum atomic E-state index is 0. The zero-order valence-electron chi connectivity index (χ0n) is 17.5. The Morgan fingerprint density at radius 1 is 1.38 bits per heavy atom. The molecule has 1 saturated heterocycles. The van der Waals surface area contributed by atoms with Crippen LogP contribution >= 0.6 is 24.0 Å². The number of rotatable bonds is 7. The van der Waals surface area contributed by atoms with E-state index in [1.165, 1.54) is 5.56 Å². The lowest BCUT2D eigenvalue weighted by atomic mass is 10.1. The Morgan fingerprint density at radius 2 is 2.17 bits per heavy atom. The van der Waals surface area contributed by atoms with Crippen LogP contribution in [-0.2, 0) is 23.1 Å². The van der Waals surface area contributed by atoms with Crippen LogP contribution in [-0.4, -0.2) is 60.5 Å². The van der Waals surface area contributed by atoms with Gasteiger partial charge in [-0.05, 0) is 11.5 Å². The molecule has 29 heavy (non-hydrogen) atoms. The van der Waals surface area contributed by atoms with Gasteiger partial charge in [0.15, 0.2) is 5.96 Å². The molecule has 0 radical (unpaired) electrons. The third kappa shape index (κ3) is 7.27. The summed E-state index contributed by atoms with van der Waals surface area (Å²) in [6.07, 6.45) is 3.90. The van der Waals surface area contributed by atoms with Crippen molar-refractivity contribution in [2.24, 2.45) is 18.0 Å². The van der Waals surface area contributed by atoms with E-state index >= 15 is 0 Å². The van der Waals surface area contributed by atoms with Crippen LogP contribution in [0.15, 0.2) is 47.7 Å². The smallest absolute Gasteiger partial charge is 0.193 e. The Kier molecular flexibility index (Phi) is 9.89. The second kappa shape index (κ2) is 12.1. The maximum absolute atomic E-state index is 5.93. The minimum Gasteiger partial charge on any atom is -0.376 e. The maximum Gasteiger partial charge on any atom is 0.193 e.